The van der Waals surface area contributed by atoms with Crippen molar-refractivity contribution in [2.24, 2.45) is 0 Å². The molecule has 2 rings (SSSR count). The van der Waals surface area contributed by atoms with Crippen LogP contribution in [-0.2, 0) is 0 Å². The standard InChI is InChI=1S/C13H21N3O/c1-11-9-13(15-14-10-11)16(7-8-17)12-5-3-2-4-6-12/h9-10,12,17H,2-8H2,1H3. The number of aryl methyl sites for hydroxylation is 1. The van der Waals surface area contributed by atoms with Crippen molar-refractivity contribution in [3.63, 3.8) is 0 Å². The molecule has 1 aliphatic rings. The molecule has 17 heavy (non-hydrogen) atoms. The molecule has 4 nitrogen and oxygen atoms in total. The van der Waals surface area contributed by atoms with Gasteiger partial charge < -0.3 is 10.0 Å². The average Bonchev–Trinajstić information content (AvgIpc) is 2.37. The lowest BCUT2D eigenvalue weighted by atomic mass is 9.94. The molecule has 1 N–H and O–H groups in total. The van der Waals surface area contributed by atoms with E-state index < -0.39 is 0 Å². The van der Waals surface area contributed by atoms with Crippen molar-refractivity contribution in [1.82, 2.24) is 10.2 Å². The maximum Gasteiger partial charge on any atom is 0.151 e. The Bertz CT molecular complexity index is 350. The summed E-state index contributed by atoms with van der Waals surface area (Å²) in [6.45, 7) is 2.85. The van der Waals surface area contributed by atoms with Gasteiger partial charge in [0.1, 0.15) is 0 Å². The second-order valence-electron chi connectivity index (χ2n) is 4.80. The van der Waals surface area contributed by atoms with Crippen LogP contribution in [0.1, 0.15) is 37.7 Å². The average molecular weight is 235 g/mol. The minimum atomic E-state index is 0.173. The highest BCUT2D eigenvalue weighted by atomic mass is 16.3. The monoisotopic (exact) mass is 235 g/mol. The Labute approximate surface area is 103 Å². The highest BCUT2D eigenvalue weighted by Gasteiger charge is 2.22. The number of rotatable bonds is 4. The minimum Gasteiger partial charge on any atom is -0.395 e. The van der Waals surface area contributed by atoms with Gasteiger partial charge in [0.15, 0.2) is 5.82 Å². The zero-order valence-electron chi connectivity index (χ0n) is 10.5. The van der Waals surface area contributed by atoms with Crippen LogP contribution in [-0.4, -0.2) is 34.5 Å². The Balaban J connectivity index is 2.15. The summed E-state index contributed by atoms with van der Waals surface area (Å²) < 4.78 is 0. The number of anilines is 1. The molecule has 94 valence electrons. The third kappa shape index (κ3) is 3.16. The lowest BCUT2D eigenvalue weighted by Crippen LogP contribution is -2.39. The Morgan fingerprint density at radius 2 is 2.12 bits per heavy atom. The van der Waals surface area contributed by atoms with E-state index in [4.69, 9.17) is 0 Å². The van der Waals surface area contributed by atoms with Crippen molar-refractivity contribution in [3.8, 4) is 0 Å². The summed E-state index contributed by atoms with van der Waals surface area (Å²) in [4.78, 5) is 2.22. The second kappa shape index (κ2) is 5.96. The molecule has 1 aliphatic carbocycles. The quantitative estimate of drug-likeness (QED) is 0.866. The molecule has 1 saturated carbocycles. The first-order chi connectivity index (χ1) is 8.31. The van der Waals surface area contributed by atoms with E-state index in [2.05, 4.69) is 21.2 Å². The first kappa shape index (κ1) is 12.3. The molecular formula is C13H21N3O. The fourth-order valence-electron chi connectivity index (χ4n) is 2.57. The van der Waals surface area contributed by atoms with Gasteiger partial charge in [-0.2, -0.15) is 5.10 Å². The molecule has 4 heteroatoms. The highest BCUT2D eigenvalue weighted by Crippen LogP contribution is 2.25. The van der Waals surface area contributed by atoms with Crippen LogP contribution >= 0.6 is 0 Å². The predicted octanol–water partition coefficient (Wildman–Crippen LogP) is 1.92. The molecule has 0 aliphatic heterocycles. The molecule has 1 aromatic rings. The van der Waals surface area contributed by atoms with E-state index in [-0.39, 0.29) is 6.61 Å². The van der Waals surface area contributed by atoms with Gasteiger partial charge in [0, 0.05) is 12.6 Å². The fourth-order valence-corrected chi connectivity index (χ4v) is 2.57. The van der Waals surface area contributed by atoms with Crippen LogP contribution in [0.2, 0.25) is 0 Å². The van der Waals surface area contributed by atoms with E-state index in [1.807, 2.05) is 6.92 Å². The summed E-state index contributed by atoms with van der Waals surface area (Å²) in [5.41, 5.74) is 1.12. The van der Waals surface area contributed by atoms with Gasteiger partial charge in [0.05, 0.1) is 12.8 Å². The molecule has 0 aromatic carbocycles. The predicted molar refractivity (Wildman–Crippen MR) is 68.1 cm³/mol. The summed E-state index contributed by atoms with van der Waals surface area (Å²) in [6, 6.07) is 2.57. The van der Waals surface area contributed by atoms with Crippen LogP contribution in [0.25, 0.3) is 0 Å². The highest BCUT2D eigenvalue weighted by molar-refractivity contribution is 5.40. The summed E-state index contributed by atoms with van der Waals surface area (Å²) in [5, 5.41) is 17.4. The second-order valence-corrected chi connectivity index (χ2v) is 4.80. The zero-order valence-corrected chi connectivity index (χ0v) is 10.5. The molecule has 0 amide bonds. The van der Waals surface area contributed by atoms with E-state index in [0.29, 0.717) is 12.6 Å². The van der Waals surface area contributed by atoms with Crippen LogP contribution in [0.3, 0.4) is 0 Å². The normalized spacial score (nSPS) is 17.1. The molecule has 0 radical (unpaired) electrons. The number of aromatic nitrogens is 2. The Hall–Kier alpha value is -1.16. The van der Waals surface area contributed by atoms with Crippen LogP contribution in [0.4, 0.5) is 5.82 Å². The SMILES string of the molecule is Cc1cnnc(N(CCO)C2CCCCC2)c1. The van der Waals surface area contributed by atoms with E-state index in [1.54, 1.807) is 6.20 Å². The van der Waals surface area contributed by atoms with Gasteiger partial charge in [-0.15, -0.1) is 5.10 Å². The van der Waals surface area contributed by atoms with Crippen LogP contribution in [0.15, 0.2) is 12.3 Å². The van der Waals surface area contributed by atoms with E-state index in [9.17, 15) is 5.11 Å². The van der Waals surface area contributed by atoms with Gasteiger partial charge in [0.25, 0.3) is 0 Å². The zero-order chi connectivity index (χ0) is 12.1. The molecule has 0 atom stereocenters. The van der Waals surface area contributed by atoms with Gasteiger partial charge in [-0.1, -0.05) is 19.3 Å². The topological polar surface area (TPSA) is 49.2 Å². The van der Waals surface area contributed by atoms with Gasteiger partial charge >= 0.3 is 0 Å². The summed E-state index contributed by atoms with van der Waals surface area (Å²) in [6.07, 6.45) is 8.08. The lowest BCUT2D eigenvalue weighted by Gasteiger charge is -2.34. The molecule has 0 spiro atoms. The number of aliphatic hydroxyl groups excluding tert-OH is 1. The largest absolute Gasteiger partial charge is 0.395 e. The van der Waals surface area contributed by atoms with Crippen molar-refractivity contribution in [2.75, 3.05) is 18.1 Å². The van der Waals surface area contributed by atoms with Crippen LogP contribution in [0.5, 0.6) is 0 Å². The lowest BCUT2D eigenvalue weighted by molar-refractivity contribution is 0.289. The van der Waals surface area contributed by atoms with Crippen molar-refractivity contribution >= 4 is 5.82 Å². The fraction of sp³-hybridized carbons (Fsp3) is 0.692. The van der Waals surface area contributed by atoms with Gasteiger partial charge in [-0.25, -0.2) is 0 Å². The van der Waals surface area contributed by atoms with Crippen LogP contribution < -0.4 is 4.90 Å². The van der Waals surface area contributed by atoms with Crippen molar-refractivity contribution in [3.05, 3.63) is 17.8 Å². The Morgan fingerprint density at radius 3 is 2.76 bits per heavy atom. The number of hydrogen-bond donors (Lipinski definition) is 1. The van der Waals surface area contributed by atoms with Crippen molar-refractivity contribution < 1.29 is 5.11 Å². The molecule has 0 bridgehead atoms. The molecule has 0 unspecified atom stereocenters. The third-order valence-electron chi connectivity index (χ3n) is 3.43. The van der Waals surface area contributed by atoms with Gasteiger partial charge in [-0.3, -0.25) is 0 Å². The smallest absolute Gasteiger partial charge is 0.151 e. The maximum absolute atomic E-state index is 9.21. The minimum absolute atomic E-state index is 0.173. The van der Waals surface area contributed by atoms with Gasteiger partial charge in [0.2, 0.25) is 0 Å². The maximum atomic E-state index is 9.21. The summed E-state index contributed by atoms with van der Waals surface area (Å²) >= 11 is 0. The van der Waals surface area contributed by atoms with Crippen LogP contribution in [0, 0.1) is 6.92 Å². The molecule has 1 heterocycles. The number of aliphatic hydroxyl groups is 1. The summed E-state index contributed by atoms with van der Waals surface area (Å²) in [7, 11) is 0. The Kier molecular flexibility index (Phi) is 4.31. The number of hydrogen-bond acceptors (Lipinski definition) is 4. The Morgan fingerprint density at radius 1 is 1.35 bits per heavy atom. The third-order valence-corrected chi connectivity index (χ3v) is 3.43. The van der Waals surface area contributed by atoms with E-state index in [1.165, 1.54) is 32.1 Å². The molecular weight excluding hydrogens is 214 g/mol. The van der Waals surface area contributed by atoms with E-state index in [0.717, 1.165) is 11.4 Å². The van der Waals surface area contributed by atoms with Gasteiger partial charge in [-0.05, 0) is 31.4 Å². The molecule has 1 aromatic heterocycles. The molecule has 0 saturated heterocycles. The first-order valence-corrected chi connectivity index (χ1v) is 6.48. The molecule has 1 fully saturated rings. The van der Waals surface area contributed by atoms with Crippen molar-refractivity contribution in [1.29, 1.82) is 0 Å². The summed E-state index contributed by atoms with van der Waals surface area (Å²) in [5.74, 6) is 0.908. The van der Waals surface area contributed by atoms with E-state index >= 15 is 0 Å². The first-order valence-electron chi connectivity index (χ1n) is 6.48. The van der Waals surface area contributed by atoms with Crippen molar-refractivity contribution in [2.45, 2.75) is 45.1 Å². The number of nitrogens with zero attached hydrogens (tertiary/aromatic N) is 3.